The van der Waals surface area contributed by atoms with E-state index < -0.39 is 10.0 Å². The van der Waals surface area contributed by atoms with Gasteiger partial charge in [0.15, 0.2) is 0 Å². The van der Waals surface area contributed by atoms with Gasteiger partial charge in [-0.05, 0) is 38.1 Å². The van der Waals surface area contributed by atoms with Crippen molar-refractivity contribution in [1.82, 2.24) is 4.31 Å². The van der Waals surface area contributed by atoms with Crippen molar-refractivity contribution in [2.45, 2.75) is 24.8 Å². The number of hydrogen-bond donors (Lipinski definition) is 1. The molecule has 4 nitrogen and oxygen atoms in total. The van der Waals surface area contributed by atoms with Crippen molar-refractivity contribution in [2.24, 2.45) is 0 Å². The molecule has 0 atom stereocenters. The minimum absolute atomic E-state index is 0.0859. The van der Waals surface area contributed by atoms with Crippen LogP contribution in [-0.4, -0.2) is 37.0 Å². The van der Waals surface area contributed by atoms with Crippen molar-refractivity contribution < 1.29 is 13.5 Å². The van der Waals surface area contributed by atoms with E-state index >= 15 is 0 Å². The minimum atomic E-state index is -3.56. The zero-order valence-corrected chi connectivity index (χ0v) is 11.4. The second-order valence-corrected chi connectivity index (χ2v) is 6.21. The number of benzene rings is 1. The van der Waals surface area contributed by atoms with Crippen LogP contribution in [0.1, 0.15) is 13.8 Å². The molecule has 0 aliphatic heterocycles. The summed E-state index contributed by atoms with van der Waals surface area (Å²) < 4.78 is 25.8. The van der Waals surface area contributed by atoms with Crippen molar-refractivity contribution in [3.05, 3.63) is 29.3 Å². The van der Waals surface area contributed by atoms with Crippen LogP contribution in [0.25, 0.3) is 0 Å². The molecule has 0 spiro atoms. The van der Waals surface area contributed by atoms with Crippen LogP contribution in [0.5, 0.6) is 0 Å². The monoisotopic (exact) mass is 277 g/mol. The van der Waals surface area contributed by atoms with Gasteiger partial charge in [0.1, 0.15) is 0 Å². The Bertz CT molecular complexity index is 456. The summed E-state index contributed by atoms with van der Waals surface area (Å²) in [6.07, 6.45) is 0. The molecule has 1 aromatic rings. The van der Waals surface area contributed by atoms with Gasteiger partial charge >= 0.3 is 0 Å². The molecule has 0 saturated heterocycles. The predicted octanol–water partition coefficient (Wildman–Crippen LogP) is 1.73. The molecule has 0 bridgehead atoms. The van der Waals surface area contributed by atoms with Gasteiger partial charge in [-0.3, -0.25) is 0 Å². The van der Waals surface area contributed by atoms with Gasteiger partial charge in [0.2, 0.25) is 10.0 Å². The lowest BCUT2D eigenvalue weighted by Crippen LogP contribution is -2.38. The Morgan fingerprint density at radius 3 is 2.24 bits per heavy atom. The lowest BCUT2D eigenvalue weighted by molar-refractivity contribution is 0.236. The van der Waals surface area contributed by atoms with Crippen LogP contribution in [0.15, 0.2) is 29.2 Å². The molecule has 0 fully saturated rings. The minimum Gasteiger partial charge on any atom is -0.395 e. The third-order valence-electron chi connectivity index (χ3n) is 2.32. The van der Waals surface area contributed by atoms with E-state index in [1.54, 1.807) is 13.8 Å². The van der Waals surface area contributed by atoms with E-state index in [2.05, 4.69) is 0 Å². The highest BCUT2D eigenvalue weighted by Gasteiger charge is 2.26. The lowest BCUT2D eigenvalue weighted by Gasteiger charge is -2.25. The first kappa shape index (κ1) is 14.4. The molecular formula is C11H16ClNO3S. The molecule has 0 aliphatic rings. The number of rotatable bonds is 5. The summed E-state index contributed by atoms with van der Waals surface area (Å²) in [4.78, 5) is 0.184. The highest BCUT2D eigenvalue weighted by molar-refractivity contribution is 7.89. The Hall–Kier alpha value is -0.620. The summed E-state index contributed by atoms with van der Waals surface area (Å²) in [5.41, 5.74) is 0. The third-order valence-corrected chi connectivity index (χ3v) is 4.66. The molecule has 0 aromatic heterocycles. The van der Waals surface area contributed by atoms with Crippen LogP contribution in [0.2, 0.25) is 5.02 Å². The van der Waals surface area contributed by atoms with Gasteiger partial charge in [0.05, 0.1) is 11.5 Å². The highest BCUT2D eigenvalue weighted by Crippen LogP contribution is 2.19. The van der Waals surface area contributed by atoms with Gasteiger partial charge in [0, 0.05) is 17.6 Å². The summed E-state index contributed by atoms with van der Waals surface area (Å²) in [6.45, 7) is 3.42. The second-order valence-electron chi connectivity index (χ2n) is 3.89. The first-order valence-corrected chi connectivity index (χ1v) is 7.09. The molecule has 96 valence electrons. The van der Waals surface area contributed by atoms with Crippen LogP contribution in [-0.2, 0) is 10.0 Å². The zero-order chi connectivity index (χ0) is 13.1. The molecule has 0 amide bonds. The van der Waals surface area contributed by atoms with Crippen molar-refractivity contribution in [3.8, 4) is 0 Å². The Morgan fingerprint density at radius 1 is 1.29 bits per heavy atom. The van der Waals surface area contributed by atoms with E-state index in [0.29, 0.717) is 5.02 Å². The molecule has 1 N–H and O–H groups in total. The number of halogens is 1. The molecule has 6 heteroatoms. The van der Waals surface area contributed by atoms with E-state index in [1.807, 2.05) is 0 Å². The van der Waals surface area contributed by atoms with E-state index in [4.69, 9.17) is 16.7 Å². The molecular weight excluding hydrogens is 262 g/mol. The van der Waals surface area contributed by atoms with Gasteiger partial charge < -0.3 is 5.11 Å². The van der Waals surface area contributed by atoms with E-state index in [9.17, 15) is 8.42 Å². The largest absolute Gasteiger partial charge is 0.395 e. The number of aliphatic hydroxyl groups is 1. The lowest BCUT2D eigenvalue weighted by atomic mass is 10.4. The molecule has 0 radical (unpaired) electrons. The Labute approximate surface area is 107 Å². The molecule has 1 rings (SSSR count). The fourth-order valence-electron chi connectivity index (χ4n) is 1.50. The quantitative estimate of drug-likeness (QED) is 0.892. The Morgan fingerprint density at radius 2 is 1.82 bits per heavy atom. The average molecular weight is 278 g/mol. The van der Waals surface area contributed by atoms with Crippen LogP contribution < -0.4 is 0 Å². The third kappa shape index (κ3) is 3.42. The van der Waals surface area contributed by atoms with Gasteiger partial charge in [-0.15, -0.1) is 0 Å². The number of sulfonamides is 1. The summed E-state index contributed by atoms with van der Waals surface area (Å²) in [7, 11) is -3.56. The Kier molecular flexibility index (Phi) is 4.94. The summed E-state index contributed by atoms with van der Waals surface area (Å²) >= 11 is 5.72. The zero-order valence-electron chi connectivity index (χ0n) is 9.80. The van der Waals surface area contributed by atoms with Gasteiger partial charge in [-0.2, -0.15) is 4.31 Å². The van der Waals surface area contributed by atoms with E-state index in [-0.39, 0.29) is 24.1 Å². The highest BCUT2D eigenvalue weighted by atomic mass is 35.5. The van der Waals surface area contributed by atoms with Crippen molar-refractivity contribution >= 4 is 21.6 Å². The maximum absolute atomic E-state index is 12.2. The Balaban J connectivity index is 3.12. The molecule has 0 aliphatic carbocycles. The fourth-order valence-corrected chi connectivity index (χ4v) is 3.25. The van der Waals surface area contributed by atoms with Gasteiger partial charge in [-0.1, -0.05) is 11.6 Å². The van der Waals surface area contributed by atoms with Crippen LogP contribution >= 0.6 is 11.6 Å². The van der Waals surface area contributed by atoms with Crippen LogP contribution in [0.4, 0.5) is 0 Å². The van der Waals surface area contributed by atoms with Crippen molar-refractivity contribution in [2.75, 3.05) is 13.2 Å². The number of nitrogens with zero attached hydrogens (tertiary/aromatic N) is 1. The average Bonchev–Trinajstić information content (AvgIpc) is 2.25. The summed E-state index contributed by atoms with van der Waals surface area (Å²) in [6, 6.07) is 5.79. The van der Waals surface area contributed by atoms with Gasteiger partial charge in [-0.25, -0.2) is 8.42 Å². The van der Waals surface area contributed by atoms with Crippen LogP contribution in [0, 0.1) is 0 Å². The van der Waals surface area contributed by atoms with E-state index in [1.165, 1.54) is 28.6 Å². The maximum atomic E-state index is 12.2. The molecule has 1 aromatic carbocycles. The predicted molar refractivity (Wildman–Crippen MR) is 67.6 cm³/mol. The SMILES string of the molecule is CC(C)N(CCO)S(=O)(=O)c1ccc(Cl)cc1. The van der Waals surface area contributed by atoms with Gasteiger partial charge in [0.25, 0.3) is 0 Å². The smallest absolute Gasteiger partial charge is 0.243 e. The van der Waals surface area contributed by atoms with E-state index in [0.717, 1.165) is 0 Å². The summed E-state index contributed by atoms with van der Waals surface area (Å²) in [5.74, 6) is 0. The molecule has 0 heterocycles. The van der Waals surface area contributed by atoms with Crippen molar-refractivity contribution in [3.63, 3.8) is 0 Å². The van der Waals surface area contributed by atoms with Crippen molar-refractivity contribution in [1.29, 1.82) is 0 Å². The normalized spacial score (nSPS) is 12.4. The standard InChI is InChI=1S/C11H16ClNO3S/c1-9(2)13(7-8-14)17(15,16)11-5-3-10(12)4-6-11/h3-6,9,14H,7-8H2,1-2H3. The van der Waals surface area contributed by atoms with Crippen LogP contribution in [0.3, 0.4) is 0 Å². The number of aliphatic hydroxyl groups excluding tert-OH is 1. The molecule has 0 unspecified atom stereocenters. The first-order valence-electron chi connectivity index (χ1n) is 5.28. The molecule has 17 heavy (non-hydrogen) atoms. The topological polar surface area (TPSA) is 57.6 Å². The second kappa shape index (κ2) is 5.82. The maximum Gasteiger partial charge on any atom is 0.243 e. The number of hydrogen-bond acceptors (Lipinski definition) is 3. The molecule has 0 saturated carbocycles. The fraction of sp³-hybridized carbons (Fsp3) is 0.455. The summed E-state index contributed by atoms with van der Waals surface area (Å²) in [5, 5.41) is 9.40. The first-order chi connectivity index (χ1) is 7.89.